The van der Waals surface area contributed by atoms with Crippen molar-refractivity contribution in [1.29, 1.82) is 0 Å². The zero-order valence-electron chi connectivity index (χ0n) is 18.2. The highest BCUT2D eigenvalue weighted by molar-refractivity contribution is 8.18. The van der Waals surface area contributed by atoms with Gasteiger partial charge in [-0.2, -0.15) is 0 Å². The Kier molecular flexibility index (Phi) is 6.23. The lowest BCUT2D eigenvalue weighted by Gasteiger charge is -2.29. The molecular weight excluding hydrogens is 428 g/mol. The summed E-state index contributed by atoms with van der Waals surface area (Å²) in [4.78, 5) is 41.3. The molecule has 7 nitrogen and oxygen atoms in total. The highest BCUT2D eigenvalue weighted by Gasteiger charge is 2.37. The molecule has 32 heavy (non-hydrogen) atoms. The number of thioether (sulfide) groups is 1. The molecule has 166 valence electrons. The van der Waals surface area contributed by atoms with E-state index in [1.807, 2.05) is 25.1 Å². The number of fused-ring (bicyclic) bond motifs is 1. The van der Waals surface area contributed by atoms with Gasteiger partial charge in [-0.1, -0.05) is 24.3 Å². The lowest BCUT2D eigenvalue weighted by molar-refractivity contribution is -0.136. The zero-order valence-corrected chi connectivity index (χ0v) is 19.0. The number of carbonyl (C=O) groups is 3. The number of nitrogens with zero attached hydrogens (tertiary/aromatic N) is 2. The summed E-state index contributed by atoms with van der Waals surface area (Å²) in [6.07, 6.45) is 2.39. The van der Waals surface area contributed by atoms with Crippen molar-refractivity contribution in [2.24, 2.45) is 0 Å². The summed E-state index contributed by atoms with van der Waals surface area (Å²) in [5.74, 6) is 0.530. The topological polar surface area (TPSA) is 76.2 Å². The lowest BCUT2D eigenvalue weighted by Crippen LogP contribution is -2.44. The SMILES string of the molecule is COc1ccc(/C=C2\SC(=O)N(CC(=O)N3CCc4ccccc4C3)C2=O)c(OC)c1C. The highest BCUT2D eigenvalue weighted by Crippen LogP contribution is 2.37. The third-order valence-corrected chi connectivity index (χ3v) is 6.65. The Morgan fingerprint density at radius 1 is 1.09 bits per heavy atom. The average Bonchev–Trinajstić information content (AvgIpc) is 3.06. The van der Waals surface area contributed by atoms with Crippen LogP contribution in [0.15, 0.2) is 41.3 Å². The van der Waals surface area contributed by atoms with Crippen LogP contribution in [-0.4, -0.2) is 54.2 Å². The second kappa shape index (κ2) is 9.08. The van der Waals surface area contributed by atoms with Crippen LogP contribution in [0.1, 0.15) is 22.3 Å². The maximum Gasteiger partial charge on any atom is 0.294 e. The van der Waals surface area contributed by atoms with E-state index in [9.17, 15) is 14.4 Å². The molecule has 1 saturated heterocycles. The van der Waals surface area contributed by atoms with Gasteiger partial charge < -0.3 is 14.4 Å². The third kappa shape index (κ3) is 4.10. The van der Waals surface area contributed by atoms with Gasteiger partial charge in [0, 0.05) is 24.2 Å². The largest absolute Gasteiger partial charge is 0.496 e. The summed E-state index contributed by atoms with van der Waals surface area (Å²) < 4.78 is 10.8. The van der Waals surface area contributed by atoms with Crippen LogP contribution in [0.25, 0.3) is 6.08 Å². The summed E-state index contributed by atoms with van der Waals surface area (Å²) in [6, 6.07) is 11.6. The Bertz CT molecular complexity index is 1130. The Morgan fingerprint density at radius 3 is 2.56 bits per heavy atom. The summed E-state index contributed by atoms with van der Waals surface area (Å²) in [5, 5.41) is -0.448. The Balaban J connectivity index is 1.50. The van der Waals surface area contributed by atoms with Crippen molar-refractivity contribution in [3.63, 3.8) is 0 Å². The minimum absolute atomic E-state index is 0.235. The van der Waals surface area contributed by atoms with Gasteiger partial charge in [0.2, 0.25) is 5.91 Å². The number of ether oxygens (including phenoxy) is 2. The molecule has 0 aliphatic carbocycles. The maximum atomic E-state index is 12.9. The fraction of sp³-hybridized carbons (Fsp3) is 0.292. The maximum absolute atomic E-state index is 12.9. The third-order valence-electron chi connectivity index (χ3n) is 5.75. The van der Waals surface area contributed by atoms with E-state index >= 15 is 0 Å². The molecule has 2 aliphatic rings. The van der Waals surface area contributed by atoms with Gasteiger partial charge in [0.25, 0.3) is 11.1 Å². The second-order valence-corrected chi connectivity index (χ2v) is 8.61. The molecule has 0 unspecified atom stereocenters. The van der Waals surface area contributed by atoms with Crippen LogP contribution < -0.4 is 9.47 Å². The molecule has 0 spiro atoms. The number of imide groups is 1. The quantitative estimate of drug-likeness (QED) is 0.645. The van der Waals surface area contributed by atoms with Crippen LogP contribution in [0, 0.1) is 6.92 Å². The van der Waals surface area contributed by atoms with Crippen molar-refractivity contribution in [2.75, 3.05) is 27.3 Å². The molecule has 4 rings (SSSR count). The van der Waals surface area contributed by atoms with E-state index in [0.717, 1.165) is 34.2 Å². The van der Waals surface area contributed by atoms with Crippen LogP contribution in [0.3, 0.4) is 0 Å². The van der Waals surface area contributed by atoms with Gasteiger partial charge in [0.1, 0.15) is 18.0 Å². The van der Waals surface area contributed by atoms with Gasteiger partial charge in [0.15, 0.2) is 0 Å². The summed E-state index contributed by atoms with van der Waals surface area (Å²) >= 11 is 0.830. The first-order valence-corrected chi connectivity index (χ1v) is 11.1. The number of rotatable bonds is 5. The van der Waals surface area contributed by atoms with E-state index in [4.69, 9.17) is 9.47 Å². The Labute approximate surface area is 191 Å². The van der Waals surface area contributed by atoms with Crippen LogP contribution in [0.2, 0.25) is 0 Å². The molecule has 0 radical (unpaired) electrons. The van der Waals surface area contributed by atoms with Crippen molar-refractivity contribution in [2.45, 2.75) is 19.9 Å². The van der Waals surface area contributed by atoms with Gasteiger partial charge in [-0.15, -0.1) is 0 Å². The predicted molar refractivity (Wildman–Crippen MR) is 123 cm³/mol. The van der Waals surface area contributed by atoms with E-state index in [0.29, 0.717) is 30.2 Å². The van der Waals surface area contributed by atoms with Crippen molar-refractivity contribution >= 4 is 34.9 Å². The number of methoxy groups -OCH3 is 2. The number of amides is 3. The first kappa shape index (κ1) is 22.0. The Hall–Kier alpha value is -3.26. The average molecular weight is 453 g/mol. The number of carbonyl (C=O) groups excluding carboxylic acids is 3. The molecule has 2 aliphatic heterocycles. The fourth-order valence-electron chi connectivity index (χ4n) is 4.02. The van der Waals surface area contributed by atoms with Crippen molar-refractivity contribution in [1.82, 2.24) is 9.80 Å². The van der Waals surface area contributed by atoms with Gasteiger partial charge in [0.05, 0.1) is 19.1 Å². The minimum atomic E-state index is -0.471. The second-order valence-electron chi connectivity index (χ2n) is 7.62. The van der Waals surface area contributed by atoms with E-state index in [1.54, 1.807) is 37.3 Å². The molecule has 0 atom stereocenters. The fourth-order valence-corrected chi connectivity index (χ4v) is 4.85. The van der Waals surface area contributed by atoms with Crippen molar-refractivity contribution in [3.05, 3.63) is 63.6 Å². The first-order valence-electron chi connectivity index (χ1n) is 10.2. The van der Waals surface area contributed by atoms with Crippen LogP contribution in [-0.2, 0) is 22.6 Å². The molecule has 0 saturated carbocycles. The molecule has 0 bridgehead atoms. The molecule has 2 aromatic carbocycles. The van der Waals surface area contributed by atoms with Gasteiger partial charge >= 0.3 is 0 Å². The smallest absolute Gasteiger partial charge is 0.294 e. The molecule has 0 N–H and O–H groups in total. The lowest BCUT2D eigenvalue weighted by atomic mass is 10.00. The standard InChI is InChI=1S/C24H24N2O5S/c1-15-19(30-2)9-8-17(22(15)31-3)12-20-23(28)26(24(29)32-20)14-21(27)25-11-10-16-6-4-5-7-18(16)13-25/h4-9,12H,10-11,13-14H2,1-3H3/b20-12-. The summed E-state index contributed by atoms with van der Waals surface area (Å²) in [7, 11) is 3.12. The molecule has 0 aromatic heterocycles. The molecule has 2 heterocycles. The summed E-state index contributed by atoms with van der Waals surface area (Å²) in [6.45, 7) is 2.66. The molecule has 3 amide bonds. The van der Waals surface area contributed by atoms with Crippen molar-refractivity contribution < 1.29 is 23.9 Å². The van der Waals surface area contributed by atoms with Crippen LogP contribution in [0.4, 0.5) is 4.79 Å². The van der Waals surface area contributed by atoms with Crippen LogP contribution >= 0.6 is 11.8 Å². The normalized spacial score (nSPS) is 17.0. The van der Waals surface area contributed by atoms with Gasteiger partial charge in [-0.25, -0.2) is 0 Å². The van der Waals surface area contributed by atoms with E-state index in [2.05, 4.69) is 6.07 Å². The molecule has 8 heteroatoms. The minimum Gasteiger partial charge on any atom is -0.496 e. The highest BCUT2D eigenvalue weighted by atomic mass is 32.2. The molecular formula is C24H24N2O5S. The Morgan fingerprint density at radius 2 is 1.84 bits per heavy atom. The predicted octanol–water partition coefficient (Wildman–Crippen LogP) is 3.63. The monoisotopic (exact) mass is 452 g/mol. The molecule has 2 aromatic rings. The zero-order chi connectivity index (χ0) is 22.8. The summed E-state index contributed by atoms with van der Waals surface area (Å²) in [5.41, 5.74) is 3.79. The number of hydrogen-bond donors (Lipinski definition) is 0. The van der Waals surface area contributed by atoms with E-state index < -0.39 is 11.1 Å². The number of benzene rings is 2. The first-order chi connectivity index (χ1) is 15.4. The van der Waals surface area contributed by atoms with Gasteiger partial charge in [-0.3, -0.25) is 19.3 Å². The van der Waals surface area contributed by atoms with Gasteiger partial charge in [-0.05, 0) is 54.4 Å². The molecule has 1 fully saturated rings. The van der Waals surface area contributed by atoms with E-state index in [-0.39, 0.29) is 17.4 Å². The van der Waals surface area contributed by atoms with Crippen molar-refractivity contribution in [3.8, 4) is 11.5 Å². The van der Waals surface area contributed by atoms with Crippen LogP contribution in [0.5, 0.6) is 11.5 Å². The number of hydrogen-bond acceptors (Lipinski definition) is 6. The van der Waals surface area contributed by atoms with E-state index in [1.165, 1.54) is 5.56 Å².